The highest BCUT2D eigenvalue weighted by Crippen LogP contribution is 2.31. The molecule has 0 spiro atoms. The van der Waals surface area contributed by atoms with Gasteiger partial charge in [0, 0.05) is 17.8 Å². The van der Waals surface area contributed by atoms with Gasteiger partial charge in [-0.3, -0.25) is 14.0 Å². The molecule has 0 aromatic carbocycles. The summed E-state index contributed by atoms with van der Waals surface area (Å²) >= 11 is 0. The molecule has 2 aromatic rings. The lowest BCUT2D eigenvalue weighted by atomic mass is 10.0. The van der Waals surface area contributed by atoms with Crippen LogP contribution in [0.15, 0.2) is 11.1 Å². The maximum atomic E-state index is 12.8. The number of ether oxygens (including phenoxy) is 1. The molecule has 148 valence electrons. The predicted octanol–water partition coefficient (Wildman–Crippen LogP) is 0.547. The van der Waals surface area contributed by atoms with E-state index < -0.39 is 24.5 Å². The van der Waals surface area contributed by atoms with Crippen LogP contribution < -0.4 is 5.69 Å². The molecule has 3 rings (SSSR count). The summed E-state index contributed by atoms with van der Waals surface area (Å²) < 4.78 is 45.8. The van der Waals surface area contributed by atoms with Crippen LogP contribution in [0.3, 0.4) is 0 Å². The molecule has 1 amide bonds. The van der Waals surface area contributed by atoms with Gasteiger partial charge in [-0.05, 0) is 13.8 Å². The summed E-state index contributed by atoms with van der Waals surface area (Å²) in [5, 5.41) is 9.77. The lowest BCUT2D eigenvalue weighted by Gasteiger charge is -2.36. The number of nitrogens with one attached hydrogen (secondary N) is 1. The Labute approximate surface area is 151 Å². The van der Waals surface area contributed by atoms with E-state index in [4.69, 9.17) is 4.74 Å². The molecule has 1 aliphatic rings. The number of aromatic amines is 1. The Morgan fingerprint density at radius 3 is 2.78 bits per heavy atom. The van der Waals surface area contributed by atoms with Crippen LogP contribution in [0.25, 0.3) is 0 Å². The van der Waals surface area contributed by atoms with Gasteiger partial charge >= 0.3 is 11.9 Å². The van der Waals surface area contributed by atoms with Gasteiger partial charge in [0.15, 0.2) is 0 Å². The van der Waals surface area contributed by atoms with Crippen LogP contribution in [0, 0.1) is 13.8 Å². The zero-order chi connectivity index (χ0) is 19.8. The maximum Gasteiger partial charge on any atom is 0.408 e. The molecular formula is C15H19F3N6O3. The Hall–Kier alpha value is -2.63. The van der Waals surface area contributed by atoms with Gasteiger partial charge in [0.2, 0.25) is 5.91 Å². The van der Waals surface area contributed by atoms with E-state index in [0.717, 1.165) is 9.25 Å². The summed E-state index contributed by atoms with van der Waals surface area (Å²) in [6.45, 7) is 2.43. The van der Waals surface area contributed by atoms with Crippen molar-refractivity contribution in [2.75, 3.05) is 19.8 Å². The number of amides is 1. The minimum atomic E-state index is -4.40. The average Bonchev–Trinajstić information content (AvgIpc) is 3.09. The van der Waals surface area contributed by atoms with Crippen LogP contribution >= 0.6 is 0 Å². The van der Waals surface area contributed by atoms with E-state index >= 15 is 0 Å². The monoisotopic (exact) mass is 388 g/mol. The third-order valence-corrected chi connectivity index (χ3v) is 4.47. The Balaban J connectivity index is 1.88. The number of rotatable bonds is 4. The number of aryl methyl sites for hydroxylation is 1. The molecule has 0 saturated carbocycles. The second-order valence-corrected chi connectivity index (χ2v) is 6.32. The van der Waals surface area contributed by atoms with Crippen molar-refractivity contribution < 1.29 is 22.7 Å². The highest BCUT2D eigenvalue weighted by atomic mass is 19.4. The van der Waals surface area contributed by atoms with E-state index in [9.17, 15) is 22.8 Å². The molecule has 1 aliphatic heterocycles. The van der Waals surface area contributed by atoms with E-state index in [1.165, 1.54) is 11.2 Å². The quantitative estimate of drug-likeness (QED) is 0.825. The summed E-state index contributed by atoms with van der Waals surface area (Å²) in [5.41, 5.74) is 0.759. The van der Waals surface area contributed by atoms with Gasteiger partial charge in [0.05, 0.1) is 24.9 Å². The molecule has 9 nitrogen and oxygen atoms in total. The first-order valence-corrected chi connectivity index (χ1v) is 8.25. The normalized spacial score (nSPS) is 18.1. The Kier molecular flexibility index (Phi) is 5.09. The van der Waals surface area contributed by atoms with Crippen molar-refractivity contribution in [2.45, 2.75) is 39.2 Å². The highest BCUT2D eigenvalue weighted by molar-refractivity contribution is 5.76. The fourth-order valence-electron chi connectivity index (χ4n) is 3.28. The zero-order valence-corrected chi connectivity index (χ0v) is 14.8. The smallest absolute Gasteiger partial charge is 0.377 e. The Bertz CT molecular complexity index is 884. The van der Waals surface area contributed by atoms with Crippen molar-refractivity contribution in [2.24, 2.45) is 0 Å². The number of H-pyrrole nitrogens is 1. The maximum absolute atomic E-state index is 12.8. The largest absolute Gasteiger partial charge is 0.408 e. The first-order chi connectivity index (χ1) is 12.7. The number of alkyl halides is 3. The summed E-state index contributed by atoms with van der Waals surface area (Å²) in [6.07, 6.45) is -3.19. The van der Waals surface area contributed by atoms with E-state index in [1.807, 2.05) is 0 Å². The molecular weight excluding hydrogens is 369 g/mol. The van der Waals surface area contributed by atoms with Crippen molar-refractivity contribution >= 4 is 5.91 Å². The van der Waals surface area contributed by atoms with Crippen LogP contribution in [0.5, 0.6) is 0 Å². The highest BCUT2D eigenvalue weighted by Gasteiger charge is 2.35. The van der Waals surface area contributed by atoms with Gasteiger partial charge in [-0.1, -0.05) is 0 Å². The molecule has 1 atom stereocenters. The van der Waals surface area contributed by atoms with Crippen LogP contribution in [-0.2, 0) is 22.6 Å². The first kappa shape index (κ1) is 19.1. The van der Waals surface area contributed by atoms with Crippen LogP contribution in [0.4, 0.5) is 13.2 Å². The lowest BCUT2D eigenvalue weighted by molar-refractivity contribution is -0.143. The van der Waals surface area contributed by atoms with Crippen molar-refractivity contribution in [1.82, 2.24) is 29.4 Å². The van der Waals surface area contributed by atoms with Gasteiger partial charge in [-0.15, -0.1) is 0 Å². The number of hydrogen-bond acceptors (Lipinski definition) is 5. The van der Waals surface area contributed by atoms with E-state index in [-0.39, 0.29) is 25.6 Å². The van der Waals surface area contributed by atoms with Crippen LogP contribution in [-0.4, -0.2) is 61.3 Å². The van der Waals surface area contributed by atoms with Crippen LogP contribution in [0.1, 0.15) is 23.0 Å². The third kappa shape index (κ3) is 4.04. The number of hydrogen-bond donors (Lipinski definition) is 1. The number of halogens is 3. The first-order valence-electron chi connectivity index (χ1n) is 8.25. The Morgan fingerprint density at radius 1 is 1.41 bits per heavy atom. The topological polar surface area (TPSA) is 98.0 Å². The molecule has 1 N–H and O–H groups in total. The second-order valence-electron chi connectivity index (χ2n) is 6.32. The predicted molar refractivity (Wildman–Crippen MR) is 85.9 cm³/mol. The molecule has 0 bridgehead atoms. The fraction of sp³-hybridized carbons (Fsp3) is 0.600. The molecule has 1 fully saturated rings. The average molecular weight is 388 g/mol. The van der Waals surface area contributed by atoms with Gasteiger partial charge in [-0.25, -0.2) is 9.89 Å². The number of nitrogens with zero attached hydrogens (tertiary/aromatic N) is 5. The SMILES string of the molecule is Cc1nn(CC(F)(F)F)c(C)c1C1COCCN1C(=O)Cn1cn[nH]c1=O. The van der Waals surface area contributed by atoms with Crippen LogP contribution in [0.2, 0.25) is 0 Å². The minimum absolute atomic E-state index is 0.144. The van der Waals surface area contributed by atoms with Gasteiger partial charge in [0.1, 0.15) is 19.4 Å². The molecule has 0 radical (unpaired) electrons. The second kappa shape index (κ2) is 7.18. The molecule has 27 heavy (non-hydrogen) atoms. The lowest BCUT2D eigenvalue weighted by Crippen LogP contribution is -2.45. The molecule has 0 aliphatic carbocycles. The third-order valence-electron chi connectivity index (χ3n) is 4.47. The molecule has 3 heterocycles. The van der Waals surface area contributed by atoms with Crippen molar-refractivity contribution in [3.05, 3.63) is 33.8 Å². The van der Waals surface area contributed by atoms with E-state index in [2.05, 4.69) is 15.3 Å². The minimum Gasteiger partial charge on any atom is -0.377 e. The van der Waals surface area contributed by atoms with Crippen molar-refractivity contribution in [3.8, 4) is 0 Å². The van der Waals surface area contributed by atoms with Gasteiger partial charge in [-0.2, -0.15) is 23.4 Å². The number of morpholine rings is 1. The summed E-state index contributed by atoms with van der Waals surface area (Å²) in [4.78, 5) is 25.8. The Morgan fingerprint density at radius 2 is 2.15 bits per heavy atom. The summed E-state index contributed by atoms with van der Waals surface area (Å²) in [7, 11) is 0. The zero-order valence-electron chi connectivity index (χ0n) is 14.8. The summed E-state index contributed by atoms with van der Waals surface area (Å²) in [6, 6.07) is -0.573. The molecule has 2 aromatic heterocycles. The molecule has 1 unspecified atom stereocenters. The van der Waals surface area contributed by atoms with E-state index in [0.29, 0.717) is 23.6 Å². The molecule has 1 saturated heterocycles. The summed E-state index contributed by atoms with van der Waals surface area (Å²) in [5.74, 6) is -0.353. The standard InChI is InChI=1S/C15H19F3N6O3/c1-9-13(10(2)24(21-9)7-15(16,17)18)11-6-27-4-3-23(11)12(25)5-22-8-19-20-14(22)26/h8,11H,3-7H2,1-2H3,(H,20,26). The number of carbonyl (C=O) groups excluding carboxylic acids is 1. The molecule has 12 heteroatoms. The van der Waals surface area contributed by atoms with Crippen molar-refractivity contribution in [3.63, 3.8) is 0 Å². The fourth-order valence-corrected chi connectivity index (χ4v) is 3.28. The van der Waals surface area contributed by atoms with Gasteiger partial charge < -0.3 is 9.64 Å². The number of carbonyl (C=O) groups is 1. The van der Waals surface area contributed by atoms with E-state index in [1.54, 1.807) is 13.8 Å². The van der Waals surface area contributed by atoms with Crippen molar-refractivity contribution in [1.29, 1.82) is 0 Å². The van der Waals surface area contributed by atoms with Gasteiger partial charge in [0.25, 0.3) is 0 Å². The number of aromatic nitrogens is 5.